The Morgan fingerprint density at radius 1 is 1.27 bits per heavy atom. The monoisotopic (exact) mass is 264 g/mol. The molecule has 0 aliphatic carbocycles. The SMILES string of the molecule is Cc1ccc(-c2ncnc(N)n2)cc1Br. The maximum atomic E-state index is 5.49. The molecular weight excluding hydrogens is 256 g/mol. The van der Waals surface area contributed by atoms with Gasteiger partial charge in [0.2, 0.25) is 5.95 Å². The number of nitrogens with zero attached hydrogens (tertiary/aromatic N) is 3. The lowest BCUT2D eigenvalue weighted by Gasteiger charge is -2.02. The molecule has 0 radical (unpaired) electrons. The number of aryl methyl sites for hydroxylation is 1. The van der Waals surface area contributed by atoms with E-state index in [0.29, 0.717) is 5.82 Å². The number of nitrogens with two attached hydrogens (primary N) is 1. The molecule has 0 unspecified atom stereocenters. The average Bonchev–Trinajstić information content (AvgIpc) is 2.22. The molecule has 15 heavy (non-hydrogen) atoms. The number of rotatable bonds is 1. The number of halogens is 1. The molecule has 0 fully saturated rings. The van der Waals surface area contributed by atoms with Crippen molar-refractivity contribution < 1.29 is 0 Å². The minimum Gasteiger partial charge on any atom is -0.368 e. The van der Waals surface area contributed by atoms with Gasteiger partial charge in [-0.3, -0.25) is 0 Å². The zero-order valence-corrected chi connectivity index (χ0v) is 9.69. The van der Waals surface area contributed by atoms with E-state index in [2.05, 4.69) is 30.9 Å². The summed E-state index contributed by atoms with van der Waals surface area (Å²) in [5.74, 6) is 0.819. The highest BCUT2D eigenvalue weighted by Crippen LogP contribution is 2.22. The molecule has 0 bridgehead atoms. The van der Waals surface area contributed by atoms with Gasteiger partial charge in [-0.2, -0.15) is 4.98 Å². The summed E-state index contributed by atoms with van der Waals surface area (Å²) in [6.07, 6.45) is 1.41. The largest absolute Gasteiger partial charge is 0.368 e. The Morgan fingerprint density at radius 2 is 2.07 bits per heavy atom. The first-order chi connectivity index (χ1) is 7.16. The van der Waals surface area contributed by atoms with Gasteiger partial charge in [0, 0.05) is 10.0 Å². The lowest BCUT2D eigenvalue weighted by atomic mass is 10.1. The predicted molar refractivity (Wildman–Crippen MR) is 62.1 cm³/mol. The van der Waals surface area contributed by atoms with Crippen LogP contribution >= 0.6 is 15.9 Å². The summed E-state index contributed by atoms with van der Waals surface area (Å²) < 4.78 is 1.03. The van der Waals surface area contributed by atoms with Crippen LogP contribution in [-0.4, -0.2) is 15.0 Å². The molecule has 0 atom stereocenters. The fourth-order valence-electron chi connectivity index (χ4n) is 1.18. The molecule has 76 valence electrons. The summed E-state index contributed by atoms with van der Waals surface area (Å²) in [4.78, 5) is 11.9. The molecule has 1 aromatic carbocycles. The Balaban J connectivity index is 2.50. The molecule has 0 aliphatic rings. The van der Waals surface area contributed by atoms with Gasteiger partial charge in [0.25, 0.3) is 0 Å². The minimum absolute atomic E-state index is 0.233. The number of hydrogen-bond donors (Lipinski definition) is 1. The van der Waals surface area contributed by atoms with E-state index in [1.165, 1.54) is 11.9 Å². The van der Waals surface area contributed by atoms with Gasteiger partial charge in [0.05, 0.1) is 0 Å². The highest BCUT2D eigenvalue weighted by Gasteiger charge is 2.03. The molecule has 0 saturated heterocycles. The van der Waals surface area contributed by atoms with Gasteiger partial charge in [0.1, 0.15) is 6.33 Å². The molecule has 0 spiro atoms. The molecule has 2 aromatic rings. The van der Waals surface area contributed by atoms with Crippen molar-refractivity contribution in [2.45, 2.75) is 6.92 Å². The number of aromatic nitrogens is 3. The van der Waals surface area contributed by atoms with Crippen LogP contribution in [0.4, 0.5) is 5.95 Å². The molecule has 4 nitrogen and oxygen atoms in total. The smallest absolute Gasteiger partial charge is 0.223 e. The van der Waals surface area contributed by atoms with E-state index in [9.17, 15) is 0 Å². The van der Waals surface area contributed by atoms with Crippen molar-refractivity contribution in [3.63, 3.8) is 0 Å². The van der Waals surface area contributed by atoms with Crippen molar-refractivity contribution in [2.75, 3.05) is 5.73 Å². The molecule has 1 aromatic heterocycles. The predicted octanol–water partition coefficient (Wildman–Crippen LogP) is 2.19. The van der Waals surface area contributed by atoms with Gasteiger partial charge < -0.3 is 5.73 Å². The fraction of sp³-hybridized carbons (Fsp3) is 0.100. The van der Waals surface area contributed by atoms with E-state index in [1.54, 1.807) is 0 Å². The summed E-state index contributed by atoms with van der Waals surface area (Å²) in [6.45, 7) is 2.02. The van der Waals surface area contributed by atoms with Crippen LogP contribution in [0.25, 0.3) is 11.4 Å². The Kier molecular flexibility index (Phi) is 2.64. The number of nitrogen functional groups attached to an aromatic ring is 1. The molecule has 1 heterocycles. The second-order valence-corrected chi connectivity index (χ2v) is 3.99. The van der Waals surface area contributed by atoms with Gasteiger partial charge in [-0.15, -0.1) is 0 Å². The lowest BCUT2D eigenvalue weighted by Crippen LogP contribution is -1.98. The van der Waals surface area contributed by atoms with E-state index in [-0.39, 0.29) is 5.95 Å². The molecular formula is C10H9BrN4. The molecule has 0 amide bonds. The van der Waals surface area contributed by atoms with Gasteiger partial charge >= 0.3 is 0 Å². The summed E-state index contributed by atoms with van der Waals surface area (Å²) in [6, 6.07) is 5.92. The van der Waals surface area contributed by atoms with Crippen LogP contribution in [0.1, 0.15) is 5.56 Å². The third-order valence-electron chi connectivity index (χ3n) is 2.02. The first kappa shape index (κ1) is 10.0. The highest BCUT2D eigenvalue weighted by atomic mass is 79.9. The van der Waals surface area contributed by atoms with Crippen molar-refractivity contribution in [1.82, 2.24) is 15.0 Å². The number of benzene rings is 1. The van der Waals surface area contributed by atoms with Gasteiger partial charge in [-0.05, 0) is 18.6 Å². The number of anilines is 1. The molecule has 2 N–H and O–H groups in total. The molecule has 0 aliphatic heterocycles. The second-order valence-electron chi connectivity index (χ2n) is 3.13. The van der Waals surface area contributed by atoms with E-state index >= 15 is 0 Å². The fourth-order valence-corrected chi connectivity index (χ4v) is 1.56. The summed E-state index contributed by atoms with van der Waals surface area (Å²) in [7, 11) is 0. The zero-order valence-electron chi connectivity index (χ0n) is 8.11. The van der Waals surface area contributed by atoms with Crippen molar-refractivity contribution in [3.8, 4) is 11.4 Å². The van der Waals surface area contributed by atoms with Crippen LogP contribution in [0, 0.1) is 6.92 Å². The second kappa shape index (κ2) is 3.94. The van der Waals surface area contributed by atoms with E-state index in [4.69, 9.17) is 5.73 Å². The topological polar surface area (TPSA) is 64.7 Å². The maximum Gasteiger partial charge on any atom is 0.223 e. The molecule has 2 rings (SSSR count). The van der Waals surface area contributed by atoms with Crippen LogP contribution in [0.15, 0.2) is 29.0 Å². The lowest BCUT2D eigenvalue weighted by molar-refractivity contribution is 1.07. The zero-order chi connectivity index (χ0) is 10.8. The Bertz CT molecular complexity index is 499. The first-order valence-corrected chi connectivity index (χ1v) is 5.17. The number of hydrogen-bond acceptors (Lipinski definition) is 4. The Labute approximate surface area is 95.7 Å². The van der Waals surface area contributed by atoms with Gasteiger partial charge in [-0.25, -0.2) is 9.97 Å². The summed E-state index contributed by atoms with van der Waals surface area (Å²) in [5, 5.41) is 0. The molecule has 5 heteroatoms. The quantitative estimate of drug-likeness (QED) is 0.858. The van der Waals surface area contributed by atoms with Crippen LogP contribution in [0.2, 0.25) is 0 Å². The van der Waals surface area contributed by atoms with E-state index < -0.39 is 0 Å². The van der Waals surface area contributed by atoms with Gasteiger partial charge in [-0.1, -0.05) is 28.1 Å². The van der Waals surface area contributed by atoms with E-state index in [1.807, 2.05) is 25.1 Å². The van der Waals surface area contributed by atoms with Crippen LogP contribution in [0.5, 0.6) is 0 Å². The van der Waals surface area contributed by atoms with Crippen molar-refractivity contribution in [1.29, 1.82) is 0 Å². The summed E-state index contributed by atoms with van der Waals surface area (Å²) in [5.41, 5.74) is 7.58. The van der Waals surface area contributed by atoms with E-state index in [0.717, 1.165) is 10.0 Å². The van der Waals surface area contributed by atoms with Crippen molar-refractivity contribution in [3.05, 3.63) is 34.6 Å². The standard InChI is InChI=1S/C10H9BrN4/c1-6-2-3-7(4-8(6)11)9-13-5-14-10(12)15-9/h2-5H,1H3,(H2,12,13,14,15). The van der Waals surface area contributed by atoms with Crippen LogP contribution in [-0.2, 0) is 0 Å². The Morgan fingerprint density at radius 3 is 2.73 bits per heavy atom. The van der Waals surface area contributed by atoms with Crippen molar-refractivity contribution >= 4 is 21.9 Å². The van der Waals surface area contributed by atoms with Crippen LogP contribution < -0.4 is 5.73 Å². The normalized spacial score (nSPS) is 10.3. The average molecular weight is 265 g/mol. The summed E-state index contributed by atoms with van der Waals surface area (Å²) >= 11 is 3.46. The first-order valence-electron chi connectivity index (χ1n) is 4.38. The highest BCUT2D eigenvalue weighted by molar-refractivity contribution is 9.10. The minimum atomic E-state index is 0.233. The third-order valence-corrected chi connectivity index (χ3v) is 2.87. The Hall–Kier alpha value is -1.49. The molecule has 0 saturated carbocycles. The van der Waals surface area contributed by atoms with Crippen molar-refractivity contribution in [2.24, 2.45) is 0 Å². The maximum absolute atomic E-state index is 5.49. The third kappa shape index (κ3) is 2.12. The van der Waals surface area contributed by atoms with Gasteiger partial charge in [0.15, 0.2) is 5.82 Å². The van der Waals surface area contributed by atoms with Crippen LogP contribution in [0.3, 0.4) is 0 Å².